The molecule has 1 aliphatic heterocycles. The molecule has 0 aromatic heterocycles. The molecule has 192 valence electrons. The minimum absolute atomic E-state index is 0.0586. The number of sulfonamides is 1. The third-order valence-electron chi connectivity index (χ3n) is 5.89. The van der Waals surface area contributed by atoms with E-state index in [4.69, 9.17) is 9.47 Å². The van der Waals surface area contributed by atoms with Crippen LogP contribution in [0.2, 0.25) is 0 Å². The normalized spacial score (nSPS) is 22.2. The maximum atomic E-state index is 13.3. The fourth-order valence-corrected chi connectivity index (χ4v) is 4.34. The van der Waals surface area contributed by atoms with Gasteiger partial charge in [0.2, 0.25) is 10.0 Å². The number of ether oxygens (including phenoxy) is 2. The first-order valence-electron chi connectivity index (χ1n) is 11.6. The van der Waals surface area contributed by atoms with E-state index >= 15 is 0 Å². The van der Waals surface area contributed by atoms with Crippen molar-refractivity contribution in [3.8, 4) is 5.75 Å². The molecule has 0 spiro atoms. The highest BCUT2D eigenvalue weighted by Crippen LogP contribution is 2.27. The quantitative estimate of drug-likeness (QED) is 0.622. The molecule has 0 saturated heterocycles. The van der Waals surface area contributed by atoms with Crippen molar-refractivity contribution in [2.75, 3.05) is 50.9 Å². The van der Waals surface area contributed by atoms with Gasteiger partial charge >= 0.3 is 6.03 Å². The molecule has 1 aromatic rings. The summed E-state index contributed by atoms with van der Waals surface area (Å²) in [6.45, 7) is 8.86. The molecule has 0 aliphatic carbocycles. The van der Waals surface area contributed by atoms with E-state index in [2.05, 4.69) is 10.0 Å². The first kappa shape index (κ1) is 27.7. The van der Waals surface area contributed by atoms with E-state index in [0.717, 1.165) is 6.42 Å². The number of benzene rings is 1. The van der Waals surface area contributed by atoms with Gasteiger partial charge in [-0.25, -0.2) is 13.2 Å². The molecule has 0 unspecified atom stereocenters. The van der Waals surface area contributed by atoms with Crippen molar-refractivity contribution >= 4 is 27.6 Å². The topological polar surface area (TPSA) is 117 Å². The lowest BCUT2D eigenvalue weighted by molar-refractivity contribution is 0.0166. The molecular formula is C23H38N4O6S. The number of anilines is 1. The Bertz CT molecular complexity index is 955. The number of urea groups is 1. The highest BCUT2D eigenvalue weighted by atomic mass is 32.2. The molecule has 2 N–H and O–H groups in total. The van der Waals surface area contributed by atoms with Gasteiger partial charge in [-0.2, -0.15) is 0 Å². The third kappa shape index (κ3) is 7.23. The highest BCUT2D eigenvalue weighted by molar-refractivity contribution is 7.92. The van der Waals surface area contributed by atoms with Crippen LogP contribution < -0.4 is 14.8 Å². The Hall–Kier alpha value is -2.53. The van der Waals surface area contributed by atoms with Crippen LogP contribution in [0.25, 0.3) is 0 Å². The average molecular weight is 499 g/mol. The van der Waals surface area contributed by atoms with Crippen molar-refractivity contribution in [3.63, 3.8) is 0 Å². The third-order valence-corrected chi connectivity index (χ3v) is 7.19. The smallest absolute Gasteiger partial charge is 0.317 e. The number of nitrogens with one attached hydrogen (secondary N) is 2. The maximum absolute atomic E-state index is 13.3. The van der Waals surface area contributed by atoms with Gasteiger partial charge in [-0.1, -0.05) is 13.8 Å². The number of nitrogens with zero attached hydrogens (tertiary/aromatic N) is 2. The summed E-state index contributed by atoms with van der Waals surface area (Å²) < 4.78 is 38.2. The van der Waals surface area contributed by atoms with Crippen LogP contribution in [0.1, 0.15) is 44.5 Å². The van der Waals surface area contributed by atoms with E-state index in [1.54, 1.807) is 31.2 Å². The summed E-state index contributed by atoms with van der Waals surface area (Å²) in [5, 5.41) is 2.93. The lowest BCUT2D eigenvalue weighted by Crippen LogP contribution is -2.51. The van der Waals surface area contributed by atoms with Crippen molar-refractivity contribution in [2.45, 2.75) is 46.3 Å². The molecule has 11 heteroatoms. The lowest BCUT2D eigenvalue weighted by Gasteiger charge is -2.36. The molecule has 3 amide bonds. The van der Waals surface area contributed by atoms with Crippen LogP contribution in [0.4, 0.5) is 10.5 Å². The molecule has 3 atom stereocenters. The predicted molar refractivity (Wildman–Crippen MR) is 132 cm³/mol. The van der Waals surface area contributed by atoms with E-state index in [1.165, 1.54) is 17.9 Å². The van der Waals surface area contributed by atoms with E-state index in [-0.39, 0.29) is 53.6 Å². The predicted octanol–water partition coefficient (Wildman–Crippen LogP) is 2.37. The van der Waals surface area contributed by atoms with E-state index in [1.807, 2.05) is 20.8 Å². The number of hydrogen-bond acceptors (Lipinski definition) is 6. The zero-order valence-electron chi connectivity index (χ0n) is 21.0. The second-order valence-electron chi connectivity index (χ2n) is 8.70. The standard InChI is InChI=1S/C23H38N4O6S/c1-7-11-24-23(29)27-13-16(3)21(32-6)14-26(5)22(28)19-12-18(25-34(30,31)8-2)9-10-20(19)33-15-17(27)4/h9-10,12,16-17,21,25H,7-8,11,13-15H2,1-6H3,(H,24,29)/t16-,17-,21-/m0/s1. The van der Waals surface area contributed by atoms with Crippen molar-refractivity contribution in [1.82, 2.24) is 15.1 Å². The van der Waals surface area contributed by atoms with Crippen LogP contribution >= 0.6 is 0 Å². The summed E-state index contributed by atoms with van der Waals surface area (Å²) >= 11 is 0. The first-order valence-corrected chi connectivity index (χ1v) is 13.3. The number of rotatable bonds is 6. The zero-order chi connectivity index (χ0) is 25.5. The van der Waals surface area contributed by atoms with Gasteiger partial charge in [0.1, 0.15) is 12.4 Å². The van der Waals surface area contributed by atoms with Crippen LogP contribution in [-0.4, -0.2) is 88.5 Å². The number of carbonyl (C=O) groups is 2. The molecular weight excluding hydrogens is 460 g/mol. The number of hydrogen-bond donors (Lipinski definition) is 2. The van der Waals surface area contributed by atoms with Gasteiger partial charge in [0.05, 0.1) is 23.5 Å². The Balaban J connectivity index is 2.45. The van der Waals surface area contributed by atoms with Gasteiger partial charge in [0.15, 0.2) is 0 Å². The van der Waals surface area contributed by atoms with Crippen molar-refractivity contribution in [1.29, 1.82) is 0 Å². The fourth-order valence-electron chi connectivity index (χ4n) is 3.71. The van der Waals surface area contributed by atoms with Gasteiger partial charge in [-0.3, -0.25) is 9.52 Å². The Morgan fingerprint density at radius 2 is 1.94 bits per heavy atom. The van der Waals surface area contributed by atoms with Crippen LogP contribution in [0.3, 0.4) is 0 Å². The monoisotopic (exact) mass is 498 g/mol. The number of methoxy groups -OCH3 is 1. The van der Waals surface area contributed by atoms with Crippen LogP contribution in [0, 0.1) is 5.92 Å². The Morgan fingerprint density at radius 1 is 1.24 bits per heavy atom. The second-order valence-corrected chi connectivity index (χ2v) is 10.7. The summed E-state index contributed by atoms with van der Waals surface area (Å²) in [5.41, 5.74) is 0.513. The number of carbonyl (C=O) groups excluding carboxylic acids is 2. The Labute approximate surface area is 203 Å². The minimum Gasteiger partial charge on any atom is -0.491 e. The molecule has 0 fully saturated rings. The van der Waals surface area contributed by atoms with Crippen molar-refractivity contribution in [3.05, 3.63) is 23.8 Å². The van der Waals surface area contributed by atoms with Gasteiger partial charge < -0.3 is 24.6 Å². The molecule has 0 bridgehead atoms. The Kier molecular flexibility index (Phi) is 9.99. The second kappa shape index (κ2) is 12.3. The Morgan fingerprint density at radius 3 is 2.56 bits per heavy atom. The van der Waals surface area contributed by atoms with E-state index < -0.39 is 10.0 Å². The molecule has 34 heavy (non-hydrogen) atoms. The van der Waals surface area contributed by atoms with E-state index in [9.17, 15) is 18.0 Å². The van der Waals surface area contributed by atoms with Crippen molar-refractivity contribution in [2.24, 2.45) is 5.92 Å². The summed E-state index contributed by atoms with van der Waals surface area (Å²) in [6.07, 6.45) is 0.513. The molecule has 0 saturated carbocycles. The van der Waals surface area contributed by atoms with Gasteiger partial charge in [0.25, 0.3) is 5.91 Å². The summed E-state index contributed by atoms with van der Waals surface area (Å²) in [4.78, 5) is 29.5. The highest BCUT2D eigenvalue weighted by Gasteiger charge is 2.30. The summed E-state index contributed by atoms with van der Waals surface area (Å²) in [7, 11) is -0.261. The molecule has 2 rings (SSSR count). The SMILES string of the molecule is CCCNC(=O)N1C[C@H](C)[C@@H](OC)CN(C)C(=O)c2cc(NS(=O)(=O)CC)ccc2OC[C@@H]1C. The largest absolute Gasteiger partial charge is 0.491 e. The molecule has 0 radical (unpaired) electrons. The fraction of sp³-hybridized carbons (Fsp3) is 0.652. The average Bonchev–Trinajstić information content (AvgIpc) is 2.81. The summed E-state index contributed by atoms with van der Waals surface area (Å²) in [6, 6.07) is 4.15. The molecule has 10 nitrogen and oxygen atoms in total. The molecule has 1 aliphatic rings. The number of fused-ring (bicyclic) bond motifs is 1. The van der Waals surface area contributed by atoms with Gasteiger partial charge in [-0.15, -0.1) is 0 Å². The van der Waals surface area contributed by atoms with Crippen LogP contribution in [-0.2, 0) is 14.8 Å². The molecule has 1 aromatic carbocycles. The molecule has 1 heterocycles. The number of amides is 3. The summed E-state index contributed by atoms with van der Waals surface area (Å²) in [5.74, 6) is -0.140. The van der Waals surface area contributed by atoms with Gasteiger partial charge in [-0.05, 0) is 38.5 Å². The number of likely N-dealkylation sites (N-methyl/N-ethyl adjacent to an activating group) is 1. The first-order chi connectivity index (χ1) is 16.0. The maximum Gasteiger partial charge on any atom is 0.317 e. The van der Waals surface area contributed by atoms with Crippen molar-refractivity contribution < 1.29 is 27.5 Å². The zero-order valence-corrected chi connectivity index (χ0v) is 21.8. The van der Waals surface area contributed by atoms with Gasteiger partial charge in [0, 0.05) is 45.4 Å². The van der Waals surface area contributed by atoms with E-state index in [0.29, 0.717) is 25.4 Å². The van der Waals surface area contributed by atoms with Crippen LogP contribution in [0.15, 0.2) is 18.2 Å². The lowest BCUT2D eigenvalue weighted by atomic mass is 10.0. The minimum atomic E-state index is -3.51. The van der Waals surface area contributed by atoms with Crippen LogP contribution in [0.5, 0.6) is 5.75 Å².